The average molecular weight is 309 g/mol. The highest BCUT2D eigenvalue weighted by molar-refractivity contribution is 5.77. The number of likely N-dealkylation sites (N-methyl/N-ethyl adjacent to an activating group) is 1. The van der Waals surface area contributed by atoms with E-state index in [4.69, 9.17) is 20.6 Å². The Hall–Kier alpha value is -2.44. The molecule has 0 saturated heterocycles. The number of nitrogens with two attached hydrogens (primary N) is 2. The van der Waals surface area contributed by atoms with Crippen molar-refractivity contribution < 1.29 is 9.47 Å². The highest BCUT2D eigenvalue weighted by atomic mass is 16.7. The molecule has 124 valence electrons. The van der Waals surface area contributed by atoms with Gasteiger partial charge in [-0.15, -0.1) is 0 Å². The summed E-state index contributed by atoms with van der Waals surface area (Å²) in [7, 11) is 3.61. The van der Waals surface area contributed by atoms with Crippen LogP contribution in [-0.4, -0.2) is 44.6 Å². The molecular weight excluding hydrogens is 282 g/mol. The number of hydrogen-bond donors (Lipinski definition) is 3. The van der Waals surface area contributed by atoms with Crippen LogP contribution < -0.4 is 20.9 Å². The number of rotatable bonds is 3. The number of nitrogens with zero attached hydrogens (tertiary/aromatic N) is 2. The Morgan fingerprint density at radius 1 is 1.36 bits per heavy atom. The minimum Gasteiger partial charge on any atom is -0.454 e. The van der Waals surface area contributed by atoms with Crippen molar-refractivity contribution in [3.05, 3.63) is 23.8 Å². The van der Waals surface area contributed by atoms with Crippen LogP contribution in [0, 0.1) is 5.41 Å². The molecule has 0 atom stereocenters. The molecule has 1 heterocycles. The Morgan fingerprint density at radius 2 is 1.95 bits per heavy atom. The molecule has 7 nitrogen and oxygen atoms in total. The molecule has 0 aliphatic carbocycles. The first-order valence-electron chi connectivity index (χ1n) is 7.15. The van der Waals surface area contributed by atoms with Crippen LogP contribution in [0.15, 0.2) is 23.2 Å². The molecular formula is C15H27N5O2. The molecule has 0 unspecified atom stereocenters. The van der Waals surface area contributed by atoms with Gasteiger partial charge in [-0.2, -0.15) is 0 Å². The first-order chi connectivity index (χ1) is 10.6. The van der Waals surface area contributed by atoms with Gasteiger partial charge in [-0.1, -0.05) is 19.9 Å². The van der Waals surface area contributed by atoms with Gasteiger partial charge in [0.05, 0.1) is 6.34 Å². The lowest BCUT2D eigenvalue weighted by Crippen LogP contribution is -2.35. The van der Waals surface area contributed by atoms with E-state index in [9.17, 15) is 0 Å². The molecule has 0 aromatic heterocycles. The Bertz CT molecular complexity index is 477. The van der Waals surface area contributed by atoms with Gasteiger partial charge in [0.15, 0.2) is 17.5 Å². The summed E-state index contributed by atoms with van der Waals surface area (Å²) in [5.41, 5.74) is 11.3. The number of aliphatic imine (C=N–C) groups is 1. The molecule has 2 rings (SSSR count). The quantitative estimate of drug-likeness (QED) is 0.577. The van der Waals surface area contributed by atoms with Crippen molar-refractivity contribution in [2.75, 3.05) is 27.4 Å². The standard InChI is InChI=1S/C12H17N3O2.C2H6.CH4N2/c1-14-12(13)15(2)6-5-9-3-4-10-11(7-9)17-8-16-10;1-2;2-1-3/h3-4,7H,5-6,8H2,1-2H3,(H2,13,14);1-2H3;1H,(H3,2,3). The normalized spacial score (nSPS) is 11.5. The fraction of sp³-hybridized carbons (Fsp3) is 0.467. The fourth-order valence-corrected chi connectivity index (χ4v) is 1.68. The monoisotopic (exact) mass is 309 g/mol. The highest BCUT2D eigenvalue weighted by Crippen LogP contribution is 2.32. The van der Waals surface area contributed by atoms with Crippen LogP contribution in [-0.2, 0) is 6.42 Å². The lowest BCUT2D eigenvalue weighted by molar-refractivity contribution is 0.174. The zero-order chi connectivity index (χ0) is 17.0. The number of fused-ring (bicyclic) bond motifs is 1. The minimum atomic E-state index is 0.314. The van der Waals surface area contributed by atoms with Crippen LogP contribution >= 0.6 is 0 Å². The van der Waals surface area contributed by atoms with Gasteiger partial charge in [0.2, 0.25) is 6.79 Å². The van der Waals surface area contributed by atoms with Gasteiger partial charge >= 0.3 is 0 Å². The fourth-order valence-electron chi connectivity index (χ4n) is 1.68. The molecule has 1 aliphatic rings. The lowest BCUT2D eigenvalue weighted by Gasteiger charge is -2.17. The second-order valence-electron chi connectivity index (χ2n) is 4.11. The van der Waals surface area contributed by atoms with Gasteiger partial charge in [-0.3, -0.25) is 10.4 Å². The summed E-state index contributed by atoms with van der Waals surface area (Å²) in [4.78, 5) is 5.86. The number of benzene rings is 1. The zero-order valence-electron chi connectivity index (χ0n) is 13.8. The van der Waals surface area contributed by atoms with Gasteiger partial charge in [0, 0.05) is 20.6 Å². The molecule has 22 heavy (non-hydrogen) atoms. The zero-order valence-corrected chi connectivity index (χ0v) is 13.8. The summed E-state index contributed by atoms with van der Waals surface area (Å²) in [5, 5.41) is 5.86. The van der Waals surface area contributed by atoms with E-state index in [1.165, 1.54) is 5.56 Å². The van der Waals surface area contributed by atoms with Crippen LogP contribution in [0.3, 0.4) is 0 Å². The second-order valence-corrected chi connectivity index (χ2v) is 4.11. The third-order valence-electron chi connectivity index (χ3n) is 2.79. The van der Waals surface area contributed by atoms with Crippen molar-refractivity contribution in [3.63, 3.8) is 0 Å². The Kier molecular flexibility index (Phi) is 10.00. The van der Waals surface area contributed by atoms with Crippen molar-refractivity contribution in [3.8, 4) is 11.5 Å². The molecule has 5 N–H and O–H groups in total. The van der Waals surface area contributed by atoms with E-state index in [1.54, 1.807) is 7.05 Å². The number of ether oxygens (including phenoxy) is 2. The molecule has 0 radical (unpaired) electrons. The Labute approximate surface area is 132 Å². The maximum Gasteiger partial charge on any atom is 0.231 e. The highest BCUT2D eigenvalue weighted by Gasteiger charge is 2.13. The molecule has 0 amide bonds. The number of guanidine groups is 1. The summed E-state index contributed by atoms with van der Waals surface area (Å²) in [6.45, 7) is 5.14. The van der Waals surface area contributed by atoms with E-state index < -0.39 is 0 Å². The van der Waals surface area contributed by atoms with Crippen LogP contribution in [0.2, 0.25) is 0 Å². The maximum absolute atomic E-state index is 5.86. The van der Waals surface area contributed by atoms with Crippen molar-refractivity contribution in [2.24, 2.45) is 16.5 Å². The van der Waals surface area contributed by atoms with Crippen molar-refractivity contribution >= 4 is 12.3 Å². The van der Waals surface area contributed by atoms with Gasteiger partial charge < -0.3 is 25.8 Å². The SMILES string of the molecule is CC.CN=C(N)N(C)CCc1ccc2c(c1)OCO2.N=CN. The molecule has 0 fully saturated rings. The third kappa shape index (κ3) is 6.34. The molecule has 0 spiro atoms. The van der Waals surface area contributed by atoms with Crippen LogP contribution in [0.25, 0.3) is 0 Å². The number of hydrogen-bond acceptors (Lipinski definition) is 4. The minimum absolute atomic E-state index is 0.314. The van der Waals surface area contributed by atoms with Crippen molar-refractivity contribution in [2.45, 2.75) is 20.3 Å². The Balaban J connectivity index is 0.000000789. The van der Waals surface area contributed by atoms with E-state index in [0.29, 0.717) is 12.8 Å². The van der Waals surface area contributed by atoms with E-state index >= 15 is 0 Å². The first kappa shape index (κ1) is 19.6. The van der Waals surface area contributed by atoms with Crippen molar-refractivity contribution in [1.82, 2.24) is 4.90 Å². The van der Waals surface area contributed by atoms with E-state index in [0.717, 1.165) is 30.8 Å². The largest absolute Gasteiger partial charge is 0.454 e. The van der Waals surface area contributed by atoms with Crippen LogP contribution in [0.5, 0.6) is 11.5 Å². The molecule has 1 aromatic rings. The van der Waals surface area contributed by atoms with Gasteiger partial charge in [-0.25, -0.2) is 0 Å². The van der Waals surface area contributed by atoms with Crippen molar-refractivity contribution in [1.29, 1.82) is 5.41 Å². The molecule has 0 saturated carbocycles. The van der Waals surface area contributed by atoms with Gasteiger partial charge in [0.25, 0.3) is 0 Å². The smallest absolute Gasteiger partial charge is 0.231 e. The van der Waals surface area contributed by atoms with Gasteiger partial charge in [-0.05, 0) is 24.1 Å². The summed E-state index contributed by atoms with van der Waals surface area (Å²) in [5.74, 6) is 2.18. The Morgan fingerprint density at radius 3 is 2.55 bits per heavy atom. The predicted octanol–water partition coefficient (Wildman–Crippen LogP) is 1.41. The first-order valence-corrected chi connectivity index (χ1v) is 7.15. The number of nitrogens with one attached hydrogen (secondary N) is 1. The summed E-state index contributed by atoms with van der Waals surface area (Å²) < 4.78 is 10.6. The van der Waals surface area contributed by atoms with Gasteiger partial charge in [0.1, 0.15) is 0 Å². The van der Waals surface area contributed by atoms with Crippen LogP contribution in [0.4, 0.5) is 0 Å². The molecule has 1 aromatic carbocycles. The second kappa shape index (κ2) is 11.2. The lowest BCUT2D eigenvalue weighted by atomic mass is 10.1. The predicted molar refractivity (Wildman–Crippen MR) is 90.8 cm³/mol. The van der Waals surface area contributed by atoms with Crippen LogP contribution in [0.1, 0.15) is 19.4 Å². The molecule has 7 heteroatoms. The molecule has 0 bridgehead atoms. The van der Waals surface area contributed by atoms with E-state index in [1.807, 2.05) is 44.0 Å². The molecule has 1 aliphatic heterocycles. The average Bonchev–Trinajstić information content (AvgIpc) is 3.02. The summed E-state index contributed by atoms with van der Waals surface area (Å²) in [6, 6.07) is 5.99. The summed E-state index contributed by atoms with van der Waals surface area (Å²) in [6.07, 6.45) is 1.64. The summed E-state index contributed by atoms with van der Waals surface area (Å²) >= 11 is 0. The maximum atomic E-state index is 5.86. The van der Waals surface area contributed by atoms with E-state index in [-0.39, 0.29) is 0 Å². The van der Waals surface area contributed by atoms with E-state index in [2.05, 4.69) is 10.7 Å². The topological polar surface area (TPSA) is 110 Å². The third-order valence-corrected chi connectivity index (χ3v) is 2.79.